The van der Waals surface area contributed by atoms with Gasteiger partial charge in [0.25, 0.3) is 0 Å². The molecule has 0 atom stereocenters. The van der Waals surface area contributed by atoms with Gasteiger partial charge in [-0.2, -0.15) is 0 Å². The minimum atomic E-state index is -0.292. The largest absolute Gasteiger partial charge is 0.497 e. The highest BCUT2D eigenvalue weighted by atomic mass is 35.5. The number of hydrogen-bond acceptors (Lipinski definition) is 5. The van der Waals surface area contributed by atoms with Gasteiger partial charge in [0, 0.05) is 34.2 Å². The molecule has 1 aromatic heterocycles. The van der Waals surface area contributed by atoms with Gasteiger partial charge in [0.05, 0.1) is 37.8 Å². The second-order valence-electron chi connectivity index (χ2n) is 7.79. The molecule has 0 aliphatic heterocycles. The summed E-state index contributed by atoms with van der Waals surface area (Å²) in [7, 11) is 3.24. The van der Waals surface area contributed by atoms with Crippen molar-refractivity contribution < 1.29 is 23.4 Å². The predicted molar refractivity (Wildman–Crippen MR) is 140 cm³/mol. The molecule has 0 radical (unpaired) electrons. The maximum atomic E-state index is 12.7. The Morgan fingerprint density at radius 3 is 2.54 bits per heavy atom. The molecule has 0 bridgehead atoms. The Labute approximate surface area is 209 Å². The average Bonchev–Trinajstić information content (AvgIpc) is 3.27. The molecule has 0 aliphatic rings. The molecule has 4 rings (SSSR count). The number of anilines is 1. The van der Waals surface area contributed by atoms with Crippen LogP contribution in [0.4, 0.5) is 5.69 Å². The summed E-state index contributed by atoms with van der Waals surface area (Å²) in [6.45, 7) is 4.24. The van der Waals surface area contributed by atoms with E-state index >= 15 is 0 Å². The van der Waals surface area contributed by atoms with Gasteiger partial charge in [0.2, 0.25) is 5.91 Å². The zero-order valence-corrected chi connectivity index (χ0v) is 20.7. The fourth-order valence-electron chi connectivity index (χ4n) is 3.88. The van der Waals surface area contributed by atoms with Gasteiger partial charge >= 0.3 is 0 Å². The van der Waals surface area contributed by atoms with Crippen LogP contribution in [0.2, 0.25) is 5.02 Å². The highest BCUT2D eigenvalue weighted by Crippen LogP contribution is 2.41. The second-order valence-corrected chi connectivity index (χ2v) is 8.20. The van der Waals surface area contributed by atoms with Crippen LogP contribution in [0.15, 0.2) is 71.4 Å². The minimum absolute atomic E-state index is 0.292. The van der Waals surface area contributed by atoms with E-state index in [-0.39, 0.29) is 5.91 Å². The van der Waals surface area contributed by atoms with Crippen molar-refractivity contribution in [1.29, 1.82) is 0 Å². The third-order valence-corrected chi connectivity index (χ3v) is 5.91. The normalized spacial score (nSPS) is 11.4. The van der Waals surface area contributed by atoms with Crippen LogP contribution in [0.1, 0.15) is 19.4 Å². The summed E-state index contributed by atoms with van der Waals surface area (Å²) in [6, 6.07) is 16.5. The highest BCUT2D eigenvalue weighted by Gasteiger charge is 2.18. The van der Waals surface area contributed by atoms with E-state index in [1.54, 1.807) is 32.6 Å². The maximum Gasteiger partial charge on any atom is 0.248 e. The van der Waals surface area contributed by atoms with Crippen molar-refractivity contribution in [3.8, 4) is 28.4 Å². The molecule has 0 aliphatic carbocycles. The molecule has 1 N–H and O–H groups in total. The first-order valence-corrected chi connectivity index (χ1v) is 11.5. The van der Waals surface area contributed by atoms with E-state index in [4.69, 9.17) is 30.2 Å². The van der Waals surface area contributed by atoms with Crippen LogP contribution in [0, 0.1) is 0 Å². The first-order valence-electron chi connectivity index (χ1n) is 11.1. The number of furan rings is 1. The van der Waals surface area contributed by atoms with Crippen LogP contribution >= 0.6 is 11.6 Å². The van der Waals surface area contributed by atoms with Crippen LogP contribution < -0.4 is 19.5 Å². The Hall–Kier alpha value is -3.90. The number of benzene rings is 3. The van der Waals surface area contributed by atoms with Crippen molar-refractivity contribution in [3.05, 3.63) is 77.5 Å². The Morgan fingerprint density at radius 2 is 1.83 bits per heavy atom. The Bertz CT molecular complexity index is 1410. The van der Waals surface area contributed by atoms with E-state index in [0.717, 1.165) is 27.6 Å². The Morgan fingerprint density at radius 1 is 1.03 bits per heavy atom. The molecule has 6 nitrogen and oxygen atoms in total. The predicted octanol–water partition coefficient (Wildman–Crippen LogP) is 7.21. The van der Waals surface area contributed by atoms with E-state index in [1.165, 1.54) is 6.08 Å². The van der Waals surface area contributed by atoms with E-state index in [0.29, 0.717) is 40.1 Å². The lowest BCUT2D eigenvalue weighted by molar-refractivity contribution is -0.111. The summed E-state index contributed by atoms with van der Waals surface area (Å²) in [5.74, 6) is 1.72. The van der Waals surface area contributed by atoms with Gasteiger partial charge in [-0.25, -0.2) is 0 Å². The number of fused-ring (bicyclic) bond motifs is 1. The Balaban J connectivity index is 1.79. The van der Waals surface area contributed by atoms with Gasteiger partial charge in [-0.3, -0.25) is 4.79 Å². The zero-order valence-electron chi connectivity index (χ0n) is 20.0. The molecule has 0 unspecified atom stereocenters. The van der Waals surface area contributed by atoms with Crippen molar-refractivity contribution in [1.82, 2.24) is 0 Å². The first kappa shape index (κ1) is 24.2. The van der Waals surface area contributed by atoms with Crippen LogP contribution in [0.3, 0.4) is 0 Å². The molecule has 35 heavy (non-hydrogen) atoms. The van der Waals surface area contributed by atoms with Crippen LogP contribution in [-0.4, -0.2) is 26.7 Å². The van der Waals surface area contributed by atoms with E-state index in [9.17, 15) is 4.79 Å². The summed E-state index contributed by atoms with van der Waals surface area (Å²) in [6.07, 6.45) is 3.21. The molecule has 3 aromatic carbocycles. The van der Waals surface area contributed by atoms with Gasteiger partial charge in [-0.1, -0.05) is 23.7 Å². The lowest BCUT2D eigenvalue weighted by atomic mass is 9.98. The summed E-state index contributed by atoms with van der Waals surface area (Å²) < 4.78 is 22.8. The summed E-state index contributed by atoms with van der Waals surface area (Å²) in [5, 5.41) is 4.15. The molecular formula is C28H26ClNO5. The van der Waals surface area contributed by atoms with Crippen molar-refractivity contribution in [2.45, 2.75) is 13.8 Å². The third kappa shape index (κ3) is 5.12. The molecular weight excluding hydrogens is 466 g/mol. The fraction of sp³-hybridized carbons (Fsp3) is 0.179. The van der Waals surface area contributed by atoms with E-state index in [1.807, 2.05) is 56.3 Å². The Kier molecular flexibility index (Phi) is 7.32. The number of allylic oxidation sites excluding steroid dienone is 1. The lowest BCUT2D eigenvalue weighted by Crippen LogP contribution is -2.09. The number of nitrogens with one attached hydrogen (secondary N) is 1. The topological polar surface area (TPSA) is 69.9 Å². The van der Waals surface area contributed by atoms with Crippen LogP contribution in [0.25, 0.3) is 27.7 Å². The van der Waals surface area contributed by atoms with Gasteiger partial charge in [-0.05, 0) is 55.8 Å². The van der Waals surface area contributed by atoms with Gasteiger partial charge in [0.1, 0.15) is 22.8 Å². The molecule has 1 amide bonds. The van der Waals surface area contributed by atoms with E-state index < -0.39 is 0 Å². The minimum Gasteiger partial charge on any atom is -0.497 e. The van der Waals surface area contributed by atoms with Crippen LogP contribution in [0.5, 0.6) is 17.2 Å². The first-order chi connectivity index (χ1) is 16.9. The number of ether oxygens (including phenoxy) is 3. The summed E-state index contributed by atoms with van der Waals surface area (Å²) in [5.41, 5.74) is 4.38. The number of para-hydroxylation sites is 1. The monoisotopic (exact) mass is 491 g/mol. The molecule has 0 fully saturated rings. The SMILES string of the molecule is CCOc1cc2occ(-c3cc(OC)ccc3OC)c2cc1/C(C)=C/C(=O)Nc1ccccc1Cl. The smallest absolute Gasteiger partial charge is 0.248 e. The standard InChI is InChI=1S/C28H26ClNO5/c1-5-34-26-15-27-21(22(16-35-27)20-13-18(32-3)10-11-25(20)33-4)14-19(26)17(2)12-28(31)30-24-9-7-6-8-23(24)29/h6-16H,5H2,1-4H3,(H,30,31)/b17-12+. The molecule has 1 heterocycles. The number of halogens is 1. The van der Waals surface area contributed by atoms with Crippen LogP contribution in [-0.2, 0) is 4.79 Å². The fourth-order valence-corrected chi connectivity index (χ4v) is 4.06. The summed E-state index contributed by atoms with van der Waals surface area (Å²) >= 11 is 6.18. The quantitative estimate of drug-likeness (QED) is 0.264. The van der Waals surface area contributed by atoms with Gasteiger partial charge in [-0.15, -0.1) is 0 Å². The number of carbonyl (C=O) groups is 1. The maximum absolute atomic E-state index is 12.7. The number of carbonyl (C=O) groups excluding carboxylic acids is 1. The molecule has 0 saturated carbocycles. The molecule has 180 valence electrons. The number of rotatable bonds is 8. The summed E-state index contributed by atoms with van der Waals surface area (Å²) in [4.78, 5) is 12.7. The molecule has 7 heteroatoms. The zero-order chi connectivity index (χ0) is 24.9. The number of amides is 1. The van der Waals surface area contributed by atoms with E-state index in [2.05, 4.69) is 5.32 Å². The van der Waals surface area contributed by atoms with Crippen molar-refractivity contribution in [2.75, 3.05) is 26.1 Å². The highest BCUT2D eigenvalue weighted by molar-refractivity contribution is 6.33. The second kappa shape index (κ2) is 10.6. The number of hydrogen-bond donors (Lipinski definition) is 1. The molecule has 0 spiro atoms. The van der Waals surface area contributed by atoms with Crippen molar-refractivity contribution >= 4 is 39.7 Å². The third-order valence-electron chi connectivity index (χ3n) is 5.58. The van der Waals surface area contributed by atoms with Crippen molar-refractivity contribution in [2.24, 2.45) is 0 Å². The average molecular weight is 492 g/mol. The molecule has 4 aromatic rings. The van der Waals surface area contributed by atoms with Gasteiger partial charge in [0.15, 0.2) is 0 Å². The lowest BCUT2D eigenvalue weighted by Gasteiger charge is -2.13. The van der Waals surface area contributed by atoms with Crippen molar-refractivity contribution in [3.63, 3.8) is 0 Å². The molecule has 0 saturated heterocycles. The van der Waals surface area contributed by atoms with Gasteiger partial charge < -0.3 is 23.9 Å². The number of methoxy groups -OCH3 is 2.